The summed E-state index contributed by atoms with van der Waals surface area (Å²) in [4.78, 5) is 40.6. The van der Waals surface area contributed by atoms with Crippen molar-refractivity contribution in [1.82, 2.24) is 15.5 Å². The minimum absolute atomic E-state index is 0.0465. The molecule has 1 aliphatic rings. The van der Waals surface area contributed by atoms with Crippen LogP contribution in [0.5, 0.6) is 5.75 Å². The van der Waals surface area contributed by atoms with Crippen LogP contribution in [0.15, 0.2) is 24.3 Å². The Hall–Kier alpha value is -2.81. The largest absolute Gasteiger partial charge is 0.508 e. The number of nitrogens with one attached hydrogen (secondary N) is 2. The third-order valence-electron chi connectivity index (χ3n) is 5.46. The lowest BCUT2D eigenvalue weighted by Gasteiger charge is -2.43. The molecule has 0 aromatic heterocycles. The number of alkyl carbamates (subject to hydrolysis) is 1. The molecule has 184 valence electrons. The molecule has 4 N–H and O–H groups in total. The van der Waals surface area contributed by atoms with Crippen LogP contribution < -0.4 is 10.6 Å². The number of amides is 3. The predicted octanol–water partition coefficient (Wildman–Crippen LogP) is 2.62. The van der Waals surface area contributed by atoms with E-state index in [9.17, 15) is 24.6 Å². The average molecular weight is 464 g/mol. The van der Waals surface area contributed by atoms with E-state index in [1.807, 2.05) is 6.92 Å². The van der Waals surface area contributed by atoms with Crippen LogP contribution in [0.4, 0.5) is 4.79 Å². The average Bonchev–Trinajstić information content (AvgIpc) is 2.70. The van der Waals surface area contributed by atoms with Gasteiger partial charge in [0.25, 0.3) is 0 Å². The Morgan fingerprint density at radius 1 is 1.18 bits per heavy atom. The van der Waals surface area contributed by atoms with Gasteiger partial charge in [-0.25, -0.2) is 4.79 Å². The Kier molecular flexibility index (Phi) is 9.52. The Morgan fingerprint density at radius 3 is 2.30 bits per heavy atom. The molecule has 2 atom stereocenters. The fourth-order valence-electron chi connectivity index (χ4n) is 3.58. The van der Waals surface area contributed by atoms with E-state index in [2.05, 4.69) is 10.6 Å². The number of carbonyl (C=O) groups excluding carboxylic acids is 3. The first-order chi connectivity index (χ1) is 15.6. The van der Waals surface area contributed by atoms with Crippen molar-refractivity contribution in [2.75, 3.05) is 13.2 Å². The first-order valence-corrected chi connectivity index (χ1v) is 11.6. The molecule has 9 nitrogen and oxygen atoms in total. The lowest BCUT2D eigenvalue weighted by Crippen LogP contribution is -2.58. The molecule has 1 saturated carbocycles. The highest BCUT2D eigenvalue weighted by atomic mass is 16.6. The number of aromatic hydroxyl groups is 1. The van der Waals surface area contributed by atoms with Gasteiger partial charge in [0.1, 0.15) is 23.4 Å². The molecule has 0 saturated heterocycles. The fourth-order valence-corrected chi connectivity index (χ4v) is 3.58. The van der Waals surface area contributed by atoms with E-state index in [1.54, 1.807) is 32.9 Å². The second-order valence-corrected chi connectivity index (χ2v) is 9.35. The Bertz CT molecular complexity index is 801. The van der Waals surface area contributed by atoms with Gasteiger partial charge in [-0.05, 0) is 64.2 Å². The zero-order valence-electron chi connectivity index (χ0n) is 20.0. The first-order valence-electron chi connectivity index (χ1n) is 11.6. The summed E-state index contributed by atoms with van der Waals surface area (Å²) in [7, 11) is 0. The number of carbonyl (C=O) groups is 3. The van der Waals surface area contributed by atoms with Gasteiger partial charge in [0.2, 0.25) is 11.8 Å². The van der Waals surface area contributed by atoms with Gasteiger partial charge in [0.15, 0.2) is 0 Å². The van der Waals surface area contributed by atoms with E-state index in [1.165, 1.54) is 17.0 Å². The van der Waals surface area contributed by atoms with Gasteiger partial charge in [-0.3, -0.25) is 9.59 Å². The van der Waals surface area contributed by atoms with Gasteiger partial charge in [0, 0.05) is 12.6 Å². The lowest BCUT2D eigenvalue weighted by molar-refractivity contribution is -0.148. The molecule has 2 rings (SSSR count). The monoisotopic (exact) mass is 463 g/mol. The number of unbranched alkanes of at least 4 members (excludes halogenated alkanes) is 1. The number of phenolic OH excluding ortho intramolecular Hbond substituents is 1. The maximum absolute atomic E-state index is 13.6. The molecular weight excluding hydrogens is 426 g/mol. The van der Waals surface area contributed by atoms with E-state index in [0.717, 1.165) is 19.3 Å². The minimum Gasteiger partial charge on any atom is -0.508 e. The van der Waals surface area contributed by atoms with Gasteiger partial charge in [-0.1, -0.05) is 25.5 Å². The van der Waals surface area contributed by atoms with Crippen LogP contribution in [-0.2, 0) is 14.3 Å². The molecule has 9 heteroatoms. The van der Waals surface area contributed by atoms with Crippen molar-refractivity contribution in [3.63, 3.8) is 0 Å². The maximum Gasteiger partial charge on any atom is 0.408 e. The summed E-state index contributed by atoms with van der Waals surface area (Å²) < 4.78 is 5.23. The summed E-state index contributed by atoms with van der Waals surface area (Å²) in [6, 6.07) is 3.71. The summed E-state index contributed by atoms with van der Waals surface area (Å²) in [5.41, 5.74) is -0.231. The van der Waals surface area contributed by atoms with E-state index < -0.39 is 36.3 Å². The zero-order chi connectivity index (χ0) is 24.6. The van der Waals surface area contributed by atoms with Gasteiger partial charge < -0.3 is 30.5 Å². The maximum atomic E-state index is 13.6. The van der Waals surface area contributed by atoms with Gasteiger partial charge in [-0.2, -0.15) is 0 Å². The van der Waals surface area contributed by atoms with Crippen molar-refractivity contribution in [1.29, 1.82) is 0 Å². The first kappa shape index (κ1) is 26.4. The molecule has 1 aromatic carbocycles. The molecular formula is C24H37N3O6. The zero-order valence-corrected chi connectivity index (χ0v) is 20.0. The van der Waals surface area contributed by atoms with E-state index in [4.69, 9.17) is 4.74 Å². The molecule has 3 amide bonds. The molecule has 0 aliphatic heterocycles. The fraction of sp³-hybridized carbons (Fsp3) is 0.625. The summed E-state index contributed by atoms with van der Waals surface area (Å²) >= 11 is 0. The van der Waals surface area contributed by atoms with Crippen LogP contribution in [0.25, 0.3) is 0 Å². The number of nitrogens with zero attached hydrogens (tertiary/aromatic N) is 1. The molecule has 33 heavy (non-hydrogen) atoms. The number of ether oxygens (including phenoxy) is 1. The quantitative estimate of drug-likeness (QED) is 0.395. The van der Waals surface area contributed by atoms with Crippen molar-refractivity contribution in [3.05, 3.63) is 29.8 Å². The van der Waals surface area contributed by atoms with Crippen molar-refractivity contribution < 1.29 is 29.3 Å². The summed E-state index contributed by atoms with van der Waals surface area (Å²) in [6.07, 6.45) is 3.22. The van der Waals surface area contributed by atoms with Crippen LogP contribution in [0.1, 0.15) is 71.4 Å². The van der Waals surface area contributed by atoms with Crippen LogP contribution in [0.3, 0.4) is 0 Å². The normalized spacial score (nSPS) is 15.7. The van der Waals surface area contributed by atoms with Crippen LogP contribution in [-0.4, -0.2) is 63.9 Å². The van der Waals surface area contributed by atoms with Crippen molar-refractivity contribution in [2.45, 2.75) is 83.5 Å². The van der Waals surface area contributed by atoms with Crippen molar-refractivity contribution in [3.8, 4) is 5.75 Å². The van der Waals surface area contributed by atoms with E-state index >= 15 is 0 Å². The number of rotatable bonds is 10. The van der Waals surface area contributed by atoms with Gasteiger partial charge >= 0.3 is 6.09 Å². The highest BCUT2D eigenvalue weighted by Crippen LogP contribution is 2.34. The summed E-state index contributed by atoms with van der Waals surface area (Å²) in [5.74, 6) is -0.856. The number of benzene rings is 1. The molecule has 0 spiro atoms. The smallest absolute Gasteiger partial charge is 0.408 e. The van der Waals surface area contributed by atoms with Crippen molar-refractivity contribution >= 4 is 17.9 Å². The molecule has 1 aromatic rings. The topological polar surface area (TPSA) is 128 Å². The van der Waals surface area contributed by atoms with Gasteiger partial charge in [-0.15, -0.1) is 0 Å². The molecule has 1 aliphatic carbocycles. The van der Waals surface area contributed by atoms with Crippen LogP contribution in [0.2, 0.25) is 0 Å². The second-order valence-electron chi connectivity index (χ2n) is 9.35. The standard InChI is InChI=1S/C24H37N3O6/c1-5-6-14-25-21(30)20(16-10-12-18(29)13-11-16)27(17-8-7-9-17)22(31)19(15-28)26-23(32)33-24(2,3)4/h10-13,17,19-20,28-29H,5-9,14-15H2,1-4H3,(H,25,30)(H,26,32). The van der Waals surface area contributed by atoms with E-state index in [0.29, 0.717) is 24.9 Å². The molecule has 0 bridgehead atoms. The molecule has 1 fully saturated rings. The predicted molar refractivity (Wildman–Crippen MR) is 123 cm³/mol. The molecule has 0 heterocycles. The molecule has 2 unspecified atom stereocenters. The van der Waals surface area contributed by atoms with E-state index in [-0.39, 0.29) is 17.7 Å². The van der Waals surface area contributed by atoms with Crippen molar-refractivity contribution in [2.24, 2.45) is 0 Å². The summed E-state index contributed by atoms with van der Waals surface area (Å²) in [5, 5.41) is 25.0. The number of aliphatic hydroxyl groups is 1. The number of hydrogen-bond acceptors (Lipinski definition) is 6. The summed E-state index contributed by atoms with van der Waals surface area (Å²) in [6.45, 7) is 6.94. The number of phenols is 1. The Morgan fingerprint density at radius 2 is 1.82 bits per heavy atom. The lowest BCUT2D eigenvalue weighted by atomic mass is 9.88. The minimum atomic E-state index is -1.26. The highest BCUT2D eigenvalue weighted by Gasteiger charge is 2.41. The third-order valence-corrected chi connectivity index (χ3v) is 5.46. The third kappa shape index (κ3) is 7.63. The molecule has 0 radical (unpaired) electrons. The Labute approximate surface area is 195 Å². The SMILES string of the molecule is CCCCNC(=O)C(c1ccc(O)cc1)N(C(=O)C(CO)NC(=O)OC(C)(C)C)C1CCC1. The Balaban J connectivity index is 2.36. The van der Waals surface area contributed by atoms with Crippen LogP contribution >= 0.6 is 0 Å². The highest BCUT2D eigenvalue weighted by molar-refractivity contribution is 5.92. The van der Waals surface area contributed by atoms with Gasteiger partial charge in [0.05, 0.1) is 6.61 Å². The van der Waals surface area contributed by atoms with Crippen LogP contribution in [0, 0.1) is 0 Å². The second kappa shape index (κ2) is 11.9. The number of aliphatic hydroxyl groups excluding tert-OH is 1. The number of hydrogen-bond donors (Lipinski definition) is 4.